The lowest BCUT2D eigenvalue weighted by Crippen LogP contribution is -2.23. The summed E-state index contributed by atoms with van der Waals surface area (Å²) in [5.41, 5.74) is 3.85. The Balaban J connectivity index is 1.83. The summed E-state index contributed by atoms with van der Waals surface area (Å²) < 4.78 is 28.6. The van der Waals surface area contributed by atoms with Crippen molar-refractivity contribution in [1.29, 1.82) is 0 Å². The third kappa shape index (κ3) is 3.48. The van der Waals surface area contributed by atoms with E-state index in [0.29, 0.717) is 10.4 Å². The minimum Gasteiger partial charge on any atom is -0.318 e. The minimum absolute atomic E-state index is 0.0967. The van der Waals surface area contributed by atoms with Crippen molar-refractivity contribution < 1.29 is 13.2 Å². The molecular formula is C16H16N4O3S2. The molecule has 7 nitrogen and oxygen atoms in total. The van der Waals surface area contributed by atoms with E-state index in [1.54, 1.807) is 0 Å². The van der Waals surface area contributed by atoms with Gasteiger partial charge in [0.25, 0.3) is 5.91 Å². The van der Waals surface area contributed by atoms with E-state index in [4.69, 9.17) is 0 Å². The summed E-state index contributed by atoms with van der Waals surface area (Å²) in [6, 6.07) is 13.5. The van der Waals surface area contributed by atoms with Crippen molar-refractivity contribution in [2.24, 2.45) is 12.1 Å². The van der Waals surface area contributed by atoms with Gasteiger partial charge in [0, 0.05) is 12.6 Å². The smallest absolute Gasteiger partial charge is 0.271 e. The first-order chi connectivity index (χ1) is 11.9. The lowest BCUT2D eigenvalue weighted by atomic mass is 10.2. The molecule has 0 saturated heterocycles. The number of rotatable bonds is 4. The lowest BCUT2D eigenvalue weighted by molar-refractivity contribution is 0.0953. The average Bonchev–Trinajstić information content (AvgIpc) is 2.96. The number of amides is 1. The highest BCUT2D eigenvalue weighted by Crippen LogP contribution is 2.15. The Hall–Kier alpha value is -2.49. The highest BCUT2D eigenvalue weighted by molar-refractivity contribution is 7.89. The standard InChI is InChI=1S/C16H16N4O3S2/c1-17-25(22,23)12-9-7-11(8-10-12)15(21)18-19-16-20(2)13-5-3-4-6-14(13)24-16/h3-10,17H,1-2H3,(H,18,21)/b19-16-. The molecular weight excluding hydrogens is 360 g/mol. The van der Waals surface area contributed by atoms with E-state index in [1.807, 2.05) is 35.9 Å². The first-order valence-corrected chi connectivity index (χ1v) is 9.64. The molecule has 2 N–H and O–H groups in total. The van der Waals surface area contributed by atoms with E-state index < -0.39 is 15.9 Å². The number of thiazole rings is 1. The van der Waals surface area contributed by atoms with Gasteiger partial charge in [-0.15, -0.1) is 5.10 Å². The van der Waals surface area contributed by atoms with Crippen LogP contribution >= 0.6 is 11.3 Å². The summed E-state index contributed by atoms with van der Waals surface area (Å²) in [5.74, 6) is -0.411. The lowest BCUT2D eigenvalue weighted by Gasteiger charge is -2.03. The number of nitrogens with zero attached hydrogens (tertiary/aromatic N) is 2. The SMILES string of the molecule is CNS(=O)(=O)c1ccc(C(=O)N/N=c2\sc3ccccc3n2C)cc1. The van der Waals surface area contributed by atoms with Crippen molar-refractivity contribution in [2.45, 2.75) is 4.90 Å². The zero-order valence-electron chi connectivity index (χ0n) is 13.6. The van der Waals surface area contributed by atoms with Crippen LogP contribution in [0.3, 0.4) is 0 Å². The van der Waals surface area contributed by atoms with E-state index in [1.165, 1.54) is 42.6 Å². The van der Waals surface area contributed by atoms with Gasteiger partial charge in [-0.25, -0.2) is 18.6 Å². The molecule has 0 bridgehead atoms. The Morgan fingerprint density at radius 3 is 2.44 bits per heavy atom. The Morgan fingerprint density at radius 1 is 1.12 bits per heavy atom. The molecule has 0 aliphatic carbocycles. The summed E-state index contributed by atoms with van der Waals surface area (Å²) in [6.07, 6.45) is 0. The minimum atomic E-state index is -3.52. The van der Waals surface area contributed by atoms with Gasteiger partial charge >= 0.3 is 0 Å². The number of fused-ring (bicyclic) bond motifs is 1. The molecule has 0 saturated carbocycles. The largest absolute Gasteiger partial charge is 0.318 e. The van der Waals surface area contributed by atoms with Crippen LogP contribution in [0.1, 0.15) is 10.4 Å². The van der Waals surface area contributed by atoms with Crippen LogP contribution in [0.4, 0.5) is 0 Å². The molecule has 0 fully saturated rings. The van der Waals surface area contributed by atoms with Gasteiger partial charge in [0.2, 0.25) is 14.8 Å². The zero-order valence-corrected chi connectivity index (χ0v) is 15.2. The van der Waals surface area contributed by atoms with Crippen LogP contribution in [0.2, 0.25) is 0 Å². The number of carbonyl (C=O) groups is 1. The number of hydrogen-bond donors (Lipinski definition) is 2. The molecule has 0 spiro atoms. The predicted octanol–water partition coefficient (Wildman–Crippen LogP) is 1.39. The predicted molar refractivity (Wildman–Crippen MR) is 96.5 cm³/mol. The third-order valence-electron chi connectivity index (χ3n) is 3.66. The van der Waals surface area contributed by atoms with Gasteiger partial charge in [0.15, 0.2) is 0 Å². The molecule has 2 aromatic carbocycles. The molecule has 0 unspecified atom stereocenters. The molecule has 9 heteroatoms. The van der Waals surface area contributed by atoms with Crippen molar-refractivity contribution in [3.05, 3.63) is 58.9 Å². The second kappa shape index (κ2) is 6.79. The fourth-order valence-corrected chi connectivity index (χ4v) is 3.96. The summed E-state index contributed by atoms with van der Waals surface area (Å²) in [4.78, 5) is 13.0. The summed E-state index contributed by atoms with van der Waals surface area (Å²) >= 11 is 1.46. The molecule has 3 rings (SSSR count). The number of aryl methyl sites for hydroxylation is 1. The first kappa shape index (κ1) is 17.3. The van der Waals surface area contributed by atoms with E-state index in [-0.39, 0.29) is 4.90 Å². The van der Waals surface area contributed by atoms with Crippen LogP contribution in [0, 0.1) is 0 Å². The number of hydrogen-bond acceptors (Lipinski definition) is 5. The van der Waals surface area contributed by atoms with Crippen molar-refractivity contribution in [2.75, 3.05) is 7.05 Å². The summed E-state index contributed by atoms with van der Waals surface area (Å²) in [5, 5.41) is 4.16. The van der Waals surface area contributed by atoms with Gasteiger partial charge in [-0.3, -0.25) is 4.79 Å². The highest BCUT2D eigenvalue weighted by Gasteiger charge is 2.12. The van der Waals surface area contributed by atoms with Crippen molar-refractivity contribution in [3.8, 4) is 0 Å². The van der Waals surface area contributed by atoms with Gasteiger partial charge in [0.1, 0.15) is 0 Å². The van der Waals surface area contributed by atoms with Crippen molar-refractivity contribution in [3.63, 3.8) is 0 Å². The molecule has 0 aliphatic rings. The maximum absolute atomic E-state index is 12.2. The number of sulfonamides is 1. The topological polar surface area (TPSA) is 92.6 Å². The van der Waals surface area contributed by atoms with Crippen LogP contribution in [-0.2, 0) is 17.1 Å². The average molecular weight is 376 g/mol. The molecule has 25 heavy (non-hydrogen) atoms. The van der Waals surface area contributed by atoms with E-state index in [9.17, 15) is 13.2 Å². The molecule has 0 atom stereocenters. The van der Waals surface area contributed by atoms with Gasteiger partial charge in [-0.2, -0.15) is 0 Å². The summed E-state index contributed by atoms with van der Waals surface area (Å²) in [6.45, 7) is 0. The van der Waals surface area contributed by atoms with Crippen LogP contribution in [0.15, 0.2) is 58.5 Å². The van der Waals surface area contributed by atoms with E-state index in [2.05, 4.69) is 15.2 Å². The van der Waals surface area contributed by atoms with Crippen molar-refractivity contribution >= 4 is 37.5 Å². The third-order valence-corrected chi connectivity index (χ3v) is 6.21. The van der Waals surface area contributed by atoms with Crippen LogP contribution in [0.25, 0.3) is 10.2 Å². The molecule has 1 aromatic heterocycles. The highest BCUT2D eigenvalue weighted by atomic mass is 32.2. The monoisotopic (exact) mass is 376 g/mol. The van der Waals surface area contributed by atoms with E-state index in [0.717, 1.165) is 10.2 Å². The maximum Gasteiger partial charge on any atom is 0.271 e. The zero-order chi connectivity index (χ0) is 18.0. The summed E-state index contributed by atoms with van der Waals surface area (Å²) in [7, 11) is -0.314. The normalized spacial score (nSPS) is 12.5. The second-order valence-electron chi connectivity index (χ2n) is 5.20. The number of para-hydroxylation sites is 1. The van der Waals surface area contributed by atoms with Crippen LogP contribution in [-0.4, -0.2) is 25.9 Å². The molecule has 0 radical (unpaired) electrons. The fourth-order valence-electron chi connectivity index (χ4n) is 2.25. The fraction of sp³-hybridized carbons (Fsp3) is 0.125. The molecule has 3 aromatic rings. The number of aromatic nitrogens is 1. The number of nitrogens with one attached hydrogen (secondary N) is 2. The van der Waals surface area contributed by atoms with Crippen molar-refractivity contribution in [1.82, 2.24) is 14.7 Å². The Morgan fingerprint density at radius 2 is 1.80 bits per heavy atom. The van der Waals surface area contributed by atoms with Crippen LogP contribution < -0.4 is 14.9 Å². The number of benzene rings is 2. The van der Waals surface area contributed by atoms with Crippen LogP contribution in [0.5, 0.6) is 0 Å². The molecule has 0 aliphatic heterocycles. The molecule has 130 valence electrons. The van der Waals surface area contributed by atoms with Gasteiger partial charge in [-0.1, -0.05) is 23.5 Å². The molecule has 1 amide bonds. The molecule has 1 heterocycles. The Bertz CT molecular complexity index is 1100. The van der Waals surface area contributed by atoms with Gasteiger partial charge in [-0.05, 0) is 43.4 Å². The Labute approximate surface area is 148 Å². The van der Waals surface area contributed by atoms with Gasteiger partial charge < -0.3 is 4.57 Å². The van der Waals surface area contributed by atoms with E-state index >= 15 is 0 Å². The van der Waals surface area contributed by atoms with Gasteiger partial charge in [0.05, 0.1) is 15.1 Å². The Kier molecular flexibility index (Phi) is 4.71. The second-order valence-corrected chi connectivity index (χ2v) is 8.09. The maximum atomic E-state index is 12.2. The quantitative estimate of drug-likeness (QED) is 0.674. The number of carbonyl (C=O) groups excluding carboxylic acids is 1. The first-order valence-electron chi connectivity index (χ1n) is 7.34.